The Labute approximate surface area is 98.3 Å². The first kappa shape index (κ1) is 13.0. The predicted octanol–water partition coefficient (Wildman–Crippen LogP) is 3.13. The summed E-state index contributed by atoms with van der Waals surface area (Å²) in [4.78, 5) is 0. The summed E-state index contributed by atoms with van der Waals surface area (Å²) in [5.41, 5.74) is 0.913. The lowest BCUT2D eigenvalue weighted by atomic mass is 9.87. The molecule has 1 aromatic carbocycles. The molecule has 0 unspecified atom stereocenters. The molecule has 90 valence electrons. The molecule has 0 fully saturated rings. The van der Waals surface area contributed by atoms with E-state index in [1.54, 1.807) is 0 Å². The van der Waals surface area contributed by atoms with Crippen LogP contribution in [0.1, 0.15) is 40.2 Å². The highest BCUT2D eigenvalue weighted by Gasteiger charge is 2.19. The fourth-order valence-electron chi connectivity index (χ4n) is 1.37. The van der Waals surface area contributed by atoms with Crippen molar-refractivity contribution in [2.75, 3.05) is 6.61 Å². The zero-order valence-electron chi connectivity index (χ0n) is 10.9. The van der Waals surface area contributed by atoms with Gasteiger partial charge in [0.2, 0.25) is 0 Å². The van der Waals surface area contributed by atoms with E-state index < -0.39 is 5.60 Å². The summed E-state index contributed by atoms with van der Waals surface area (Å²) in [6.07, 6.45) is 0. The molecule has 0 aliphatic heterocycles. The van der Waals surface area contributed by atoms with E-state index in [0.717, 1.165) is 5.75 Å². The third-order valence-electron chi connectivity index (χ3n) is 2.50. The molecule has 0 aromatic heterocycles. The van der Waals surface area contributed by atoms with E-state index in [1.165, 1.54) is 5.56 Å². The number of benzene rings is 1. The summed E-state index contributed by atoms with van der Waals surface area (Å²) >= 11 is 0. The van der Waals surface area contributed by atoms with Crippen molar-refractivity contribution in [1.82, 2.24) is 0 Å². The zero-order valence-corrected chi connectivity index (χ0v) is 10.9. The monoisotopic (exact) mass is 222 g/mol. The third kappa shape index (κ3) is 3.53. The molecule has 16 heavy (non-hydrogen) atoms. The number of ether oxygens (including phenoxy) is 1. The lowest BCUT2D eigenvalue weighted by Crippen LogP contribution is -2.32. The molecule has 2 heteroatoms. The van der Waals surface area contributed by atoms with Gasteiger partial charge in [0.05, 0.1) is 6.61 Å². The quantitative estimate of drug-likeness (QED) is 0.851. The number of rotatable bonds is 3. The molecule has 0 saturated heterocycles. The lowest BCUT2D eigenvalue weighted by Gasteiger charge is -2.25. The minimum Gasteiger partial charge on any atom is -0.485 e. The van der Waals surface area contributed by atoms with E-state index >= 15 is 0 Å². The van der Waals surface area contributed by atoms with Crippen LogP contribution in [0.2, 0.25) is 0 Å². The Kier molecular flexibility index (Phi) is 3.64. The molecule has 0 radical (unpaired) electrons. The smallest absolute Gasteiger partial charge is 0.126 e. The fraction of sp³-hybridized carbons (Fsp3) is 0.571. The zero-order chi connectivity index (χ0) is 12.4. The van der Waals surface area contributed by atoms with Crippen molar-refractivity contribution < 1.29 is 9.84 Å². The van der Waals surface area contributed by atoms with Gasteiger partial charge in [-0.3, -0.25) is 0 Å². The van der Waals surface area contributed by atoms with Crippen LogP contribution in [0.4, 0.5) is 0 Å². The second-order valence-electron chi connectivity index (χ2n) is 5.79. The van der Waals surface area contributed by atoms with Crippen molar-refractivity contribution in [3.63, 3.8) is 0 Å². The third-order valence-corrected chi connectivity index (χ3v) is 2.50. The average Bonchev–Trinajstić information content (AvgIpc) is 2.16. The van der Waals surface area contributed by atoms with Crippen LogP contribution < -0.4 is 4.74 Å². The van der Waals surface area contributed by atoms with E-state index in [0.29, 0.717) is 0 Å². The van der Waals surface area contributed by atoms with Gasteiger partial charge in [-0.15, -0.1) is 0 Å². The van der Waals surface area contributed by atoms with Gasteiger partial charge < -0.3 is 9.84 Å². The second-order valence-corrected chi connectivity index (χ2v) is 5.79. The molecule has 0 saturated carbocycles. The molecule has 1 rings (SSSR count). The van der Waals surface area contributed by atoms with Crippen LogP contribution in [0.15, 0.2) is 24.3 Å². The molecule has 0 heterocycles. The number of aliphatic hydroxyl groups is 1. The highest BCUT2D eigenvalue weighted by molar-refractivity contribution is 5.31. The highest BCUT2D eigenvalue weighted by Crippen LogP contribution is 2.25. The van der Waals surface area contributed by atoms with E-state index in [-0.39, 0.29) is 12.0 Å². The molecule has 2 nitrogen and oxygen atoms in total. The van der Waals surface area contributed by atoms with Crippen molar-refractivity contribution >= 4 is 0 Å². The number of hydrogen-bond acceptors (Lipinski definition) is 2. The van der Waals surface area contributed by atoms with Gasteiger partial charge in [-0.2, -0.15) is 0 Å². The molecular weight excluding hydrogens is 200 g/mol. The Bertz CT molecular complexity index is 331. The van der Waals surface area contributed by atoms with Gasteiger partial charge >= 0.3 is 0 Å². The highest BCUT2D eigenvalue weighted by atomic mass is 16.5. The van der Waals surface area contributed by atoms with Gasteiger partial charge in [0.15, 0.2) is 0 Å². The van der Waals surface area contributed by atoms with Crippen LogP contribution >= 0.6 is 0 Å². The molecule has 0 amide bonds. The Morgan fingerprint density at radius 3 is 1.88 bits per heavy atom. The minimum absolute atomic E-state index is 0.00796. The van der Waals surface area contributed by atoms with Crippen LogP contribution in [0.5, 0.6) is 5.75 Å². The van der Waals surface area contributed by atoms with Gasteiger partial charge in [-0.25, -0.2) is 0 Å². The SMILES string of the molecule is CC(C)(CO)Oc1ccc(C(C)(C)C)cc1. The molecule has 0 bridgehead atoms. The first-order chi connectivity index (χ1) is 7.24. The van der Waals surface area contributed by atoms with Crippen LogP contribution in [0.3, 0.4) is 0 Å². The molecular formula is C14H22O2. The summed E-state index contributed by atoms with van der Waals surface area (Å²) < 4.78 is 5.67. The second kappa shape index (κ2) is 4.46. The van der Waals surface area contributed by atoms with Gasteiger partial charge in [-0.1, -0.05) is 32.9 Å². The molecule has 0 atom stereocenters. The van der Waals surface area contributed by atoms with E-state index in [9.17, 15) is 0 Å². The van der Waals surface area contributed by atoms with Gasteiger partial charge in [0.1, 0.15) is 11.4 Å². The van der Waals surface area contributed by atoms with Crippen molar-refractivity contribution in [2.24, 2.45) is 0 Å². The normalized spacial score (nSPS) is 12.6. The van der Waals surface area contributed by atoms with Gasteiger partial charge in [0, 0.05) is 0 Å². The lowest BCUT2D eigenvalue weighted by molar-refractivity contribution is 0.0412. The molecule has 1 N–H and O–H groups in total. The van der Waals surface area contributed by atoms with Gasteiger partial charge in [0.25, 0.3) is 0 Å². The minimum atomic E-state index is -0.525. The van der Waals surface area contributed by atoms with Crippen molar-refractivity contribution in [1.29, 1.82) is 0 Å². The topological polar surface area (TPSA) is 29.5 Å². The maximum absolute atomic E-state index is 9.11. The summed E-state index contributed by atoms with van der Waals surface area (Å²) in [5.74, 6) is 0.798. The molecule has 1 aromatic rings. The van der Waals surface area contributed by atoms with Crippen LogP contribution in [-0.2, 0) is 5.41 Å². The Morgan fingerprint density at radius 1 is 1.00 bits per heavy atom. The number of aliphatic hydroxyl groups excluding tert-OH is 1. The first-order valence-electron chi connectivity index (χ1n) is 5.65. The largest absolute Gasteiger partial charge is 0.485 e. The van der Waals surface area contributed by atoms with E-state index in [2.05, 4.69) is 32.9 Å². The number of hydrogen-bond donors (Lipinski definition) is 1. The van der Waals surface area contributed by atoms with E-state index in [4.69, 9.17) is 9.84 Å². The maximum atomic E-state index is 9.11. The van der Waals surface area contributed by atoms with Crippen LogP contribution in [0, 0.1) is 0 Å². The maximum Gasteiger partial charge on any atom is 0.126 e. The Morgan fingerprint density at radius 2 is 1.50 bits per heavy atom. The predicted molar refractivity (Wildman–Crippen MR) is 66.9 cm³/mol. The Balaban J connectivity index is 2.80. The Hall–Kier alpha value is -1.02. The van der Waals surface area contributed by atoms with Crippen LogP contribution in [-0.4, -0.2) is 17.3 Å². The summed E-state index contributed by atoms with van der Waals surface area (Å²) in [5, 5.41) is 9.11. The standard InChI is InChI=1S/C14H22O2/c1-13(2,3)11-6-8-12(9-7-11)16-14(4,5)10-15/h6-9,15H,10H2,1-5H3. The molecule has 0 aliphatic carbocycles. The first-order valence-corrected chi connectivity index (χ1v) is 5.65. The average molecular weight is 222 g/mol. The van der Waals surface area contributed by atoms with Crippen molar-refractivity contribution in [2.45, 2.75) is 45.6 Å². The van der Waals surface area contributed by atoms with Gasteiger partial charge in [-0.05, 0) is 37.0 Å². The molecule has 0 spiro atoms. The van der Waals surface area contributed by atoms with Crippen molar-refractivity contribution in [3.05, 3.63) is 29.8 Å². The van der Waals surface area contributed by atoms with E-state index in [1.807, 2.05) is 26.0 Å². The summed E-state index contributed by atoms with van der Waals surface area (Å²) in [7, 11) is 0. The van der Waals surface area contributed by atoms with Crippen molar-refractivity contribution in [3.8, 4) is 5.75 Å². The van der Waals surface area contributed by atoms with Crippen LogP contribution in [0.25, 0.3) is 0 Å². The molecule has 0 aliphatic rings. The fourth-order valence-corrected chi connectivity index (χ4v) is 1.37. The summed E-state index contributed by atoms with van der Waals surface area (Å²) in [6, 6.07) is 8.06. The summed E-state index contributed by atoms with van der Waals surface area (Å²) in [6.45, 7) is 10.3.